The van der Waals surface area contributed by atoms with Gasteiger partial charge in [0.15, 0.2) is 0 Å². The van der Waals surface area contributed by atoms with E-state index in [1.54, 1.807) is 0 Å². The van der Waals surface area contributed by atoms with Crippen LogP contribution in [0.15, 0.2) is 24.3 Å². The van der Waals surface area contributed by atoms with E-state index in [2.05, 4.69) is 34.9 Å². The number of hydrogen-bond acceptors (Lipinski definition) is 2. The van der Waals surface area contributed by atoms with Crippen LogP contribution in [0.1, 0.15) is 44.1 Å². The van der Waals surface area contributed by atoms with Crippen LogP contribution >= 0.6 is 0 Å². The van der Waals surface area contributed by atoms with Gasteiger partial charge in [0.1, 0.15) is 0 Å². The highest BCUT2D eigenvalue weighted by Crippen LogP contribution is 2.17. The number of hydrogen-bond donors (Lipinski definition) is 2. The summed E-state index contributed by atoms with van der Waals surface area (Å²) in [5.74, 6) is 0. The van der Waals surface area contributed by atoms with Crippen LogP contribution in [0.4, 0.5) is 5.69 Å². The van der Waals surface area contributed by atoms with Gasteiger partial charge in [-0.1, -0.05) is 37.8 Å². The van der Waals surface area contributed by atoms with Gasteiger partial charge < -0.3 is 10.6 Å². The Balaban J connectivity index is 1.79. The summed E-state index contributed by atoms with van der Waals surface area (Å²) >= 11 is 0. The zero-order valence-corrected chi connectivity index (χ0v) is 10.8. The fourth-order valence-electron chi connectivity index (χ4n) is 2.53. The third-order valence-electron chi connectivity index (χ3n) is 3.69. The van der Waals surface area contributed by atoms with Crippen LogP contribution in [0.5, 0.6) is 0 Å². The zero-order chi connectivity index (χ0) is 11.9. The Morgan fingerprint density at radius 2 is 1.65 bits per heavy atom. The van der Waals surface area contributed by atoms with Crippen LogP contribution in [-0.2, 0) is 6.54 Å². The second-order valence-electron chi connectivity index (χ2n) is 5.02. The van der Waals surface area contributed by atoms with E-state index in [-0.39, 0.29) is 0 Å². The van der Waals surface area contributed by atoms with Gasteiger partial charge in [-0.25, -0.2) is 0 Å². The van der Waals surface area contributed by atoms with Crippen molar-refractivity contribution in [3.8, 4) is 0 Å². The zero-order valence-electron chi connectivity index (χ0n) is 10.8. The molecule has 0 bridgehead atoms. The lowest BCUT2D eigenvalue weighted by atomic mass is 10.1. The van der Waals surface area contributed by atoms with E-state index in [4.69, 9.17) is 0 Å². The molecule has 2 nitrogen and oxygen atoms in total. The van der Waals surface area contributed by atoms with Crippen LogP contribution < -0.4 is 10.6 Å². The molecule has 0 amide bonds. The number of nitrogens with one attached hydrogen (secondary N) is 2. The Morgan fingerprint density at radius 1 is 1.00 bits per heavy atom. The van der Waals surface area contributed by atoms with E-state index in [1.807, 2.05) is 7.05 Å². The molecule has 1 aromatic carbocycles. The lowest BCUT2D eigenvalue weighted by Gasteiger charge is -2.16. The maximum Gasteiger partial charge on any atom is 0.0337 e. The van der Waals surface area contributed by atoms with E-state index >= 15 is 0 Å². The van der Waals surface area contributed by atoms with Crippen molar-refractivity contribution in [3.63, 3.8) is 0 Å². The van der Waals surface area contributed by atoms with E-state index in [1.165, 1.54) is 49.8 Å². The maximum atomic E-state index is 3.69. The van der Waals surface area contributed by atoms with E-state index in [0.29, 0.717) is 0 Å². The summed E-state index contributed by atoms with van der Waals surface area (Å²) in [5, 5.41) is 6.84. The average Bonchev–Trinajstić information content (AvgIpc) is 2.65. The lowest BCUT2D eigenvalue weighted by molar-refractivity contribution is 0.459. The molecule has 0 aliphatic heterocycles. The van der Waals surface area contributed by atoms with Crippen molar-refractivity contribution < 1.29 is 0 Å². The van der Waals surface area contributed by atoms with Gasteiger partial charge in [0, 0.05) is 25.3 Å². The van der Waals surface area contributed by atoms with Crippen molar-refractivity contribution in [2.75, 3.05) is 12.4 Å². The van der Waals surface area contributed by atoms with E-state index < -0.39 is 0 Å². The first-order valence-corrected chi connectivity index (χ1v) is 6.88. The van der Waals surface area contributed by atoms with Gasteiger partial charge in [0.2, 0.25) is 0 Å². The minimum Gasteiger partial charge on any atom is -0.388 e. The Hall–Kier alpha value is -1.02. The van der Waals surface area contributed by atoms with Crippen molar-refractivity contribution in [1.82, 2.24) is 5.32 Å². The molecule has 0 spiro atoms. The minimum atomic E-state index is 0.737. The molecular formula is C15H24N2. The Morgan fingerprint density at radius 3 is 2.24 bits per heavy atom. The largest absolute Gasteiger partial charge is 0.388 e. The molecule has 0 unspecified atom stereocenters. The van der Waals surface area contributed by atoms with Crippen molar-refractivity contribution in [2.45, 2.75) is 51.1 Å². The molecule has 17 heavy (non-hydrogen) atoms. The molecule has 0 saturated heterocycles. The Kier molecular flexibility index (Phi) is 4.87. The summed E-state index contributed by atoms with van der Waals surface area (Å²) < 4.78 is 0. The van der Waals surface area contributed by atoms with Crippen LogP contribution in [0, 0.1) is 0 Å². The van der Waals surface area contributed by atoms with Gasteiger partial charge in [-0.05, 0) is 30.5 Å². The first-order valence-electron chi connectivity index (χ1n) is 6.88. The monoisotopic (exact) mass is 232 g/mol. The second-order valence-corrected chi connectivity index (χ2v) is 5.02. The lowest BCUT2D eigenvalue weighted by Crippen LogP contribution is -2.27. The molecule has 0 atom stereocenters. The van der Waals surface area contributed by atoms with Gasteiger partial charge >= 0.3 is 0 Å². The summed E-state index contributed by atoms with van der Waals surface area (Å²) in [5.41, 5.74) is 2.57. The van der Waals surface area contributed by atoms with Gasteiger partial charge in [0.25, 0.3) is 0 Å². The van der Waals surface area contributed by atoms with E-state index in [9.17, 15) is 0 Å². The van der Waals surface area contributed by atoms with Gasteiger partial charge in [-0.2, -0.15) is 0 Å². The normalized spacial score (nSPS) is 17.7. The van der Waals surface area contributed by atoms with Gasteiger partial charge in [-0.15, -0.1) is 0 Å². The third-order valence-corrected chi connectivity index (χ3v) is 3.69. The smallest absolute Gasteiger partial charge is 0.0337 e. The number of benzene rings is 1. The molecule has 0 heterocycles. The van der Waals surface area contributed by atoms with Crippen LogP contribution in [-0.4, -0.2) is 13.1 Å². The molecule has 2 N–H and O–H groups in total. The summed E-state index contributed by atoms with van der Waals surface area (Å²) in [6.45, 7) is 1.01. The SMILES string of the molecule is CNc1ccc(CNC2CCCCCC2)cc1. The van der Waals surface area contributed by atoms with Crippen molar-refractivity contribution in [3.05, 3.63) is 29.8 Å². The Bertz CT molecular complexity index is 310. The molecule has 2 heteroatoms. The van der Waals surface area contributed by atoms with Crippen molar-refractivity contribution in [2.24, 2.45) is 0 Å². The van der Waals surface area contributed by atoms with Crippen LogP contribution in [0.2, 0.25) is 0 Å². The third kappa shape index (κ3) is 4.04. The van der Waals surface area contributed by atoms with Gasteiger partial charge in [0.05, 0.1) is 0 Å². The number of anilines is 1. The minimum absolute atomic E-state index is 0.737. The molecule has 0 radical (unpaired) electrons. The van der Waals surface area contributed by atoms with Gasteiger partial charge in [-0.3, -0.25) is 0 Å². The first kappa shape index (κ1) is 12.4. The standard InChI is InChI=1S/C15H24N2/c1-16-14-10-8-13(9-11-14)12-17-15-6-4-2-3-5-7-15/h8-11,15-17H,2-7,12H2,1H3. The highest BCUT2D eigenvalue weighted by Gasteiger charge is 2.10. The molecular weight excluding hydrogens is 208 g/mol. The first-order chi connectivity index (χ1) is 8.38. The predicted octanol–water partition coefficient (Wildman–Crippen LogP) is 3.54. The summed E-state index contributed by atoms with van der Waals surface area (Å²) in [7, 11) is 1.96. The topological polar surface area (TPSA) is 24.1 Å². The molecule has 0 aromatic heterocycles. The average molecular weight is 232 g/mol. The van der Waals surface area contributed by atoms with E-state index in [0.717, 1.165) is 12.6 Å². The Labute approximate surface area is 105 Å². The fraction of sp³-hybridized carbons (Fsp3) is 0.600. The fourth-order valence-corrected chi connectivity index (χ4v) is 2.53. The van der Waals surface area contributed by atoms with Crippen LogP contribution in [0.3, 0.4) is 0 Å². The molecule has 1 aliphatic carbocycles. The molecule has 1 aliphatic rings. The summed E-state index contributed by atoms with van der Waals surface area (Å²) in [4.78, 5) is 0. The van der Waals surface area contributed by atoms with Crippen molar-refractivity contribution >= 4 is 5.69 Å². The molecule has 1 fully saturated rings. The quantitative estimate of drug-likeness (QED) is 0.776. The molecule has 1 aromatic rings. The number of rotatable bonds is 4. The van der Waals surface area contributed by atoms with Crippen LogP contribution in [0.25, 0.3) is 0 Å². The highest BCUT2D eigenvalue weighted by molar-refractivity contribution is 5.43. The molecule has 2 rings (SSSR count). The summed E-state index contributed by atoms with van der Waals surface area (Å²) in [6, 6.07) is 9.43. The second kappa shape index (κ2) is 6.65. The molecule has 1 saturated carbocycles. The maximum absolute atomic E-state index is 3.69. The van der Waals surface area contributed by atoms with Crippen molar-refractivity contribution in [1.29, 1.82) is 0 Å². The predicted molar refractivity (Wildman–Crippen MR) is 74.3 cm³/mol. The molecule has 94 valence electrons. The summed E-state index contributed by atoms with van der Waals surface area (Å²) in [6.07, 6.45) is 8.36. The highest BCUT2D eigenvalue weighted by atomic mass is 14.9.